The zero-order valence-corrected chi connectivity index (χ0v) is 19.8. The number of ketones is 1. The first-order valence-electron chi connectivity index (χ1n) is 11.4. The lowest BCUT2D eigenvalue weighted by Crippen LogP contribution is -2.29. The Bertz CT molecular complexity index is 1320. The van der Waals surface area contributed by atoms with Crippen LogP contribution in [0.2, 0.25) is 0 Å². The molecular formula is C27H25N3O6. The van der Waals surface area contributed by atoms with Crippen molar-refractivity contribution in [3.63, 3.8) is 0 Å². The molecule has 1 atom stereocenters. The number of carbonyl (C=O) groups excluding carboxylic acids is 2. The van der Waals surface area contributed by atoms with Crippen LogP contribution in [0.1, 0.15) is 36.6 Å². The second kappa shape index (κ2) is 10.4. The van der Waals surface area contributed by atoms with Gasteiger partial charge in [0.1, 0.15) is 11.5 Å². The van der Waals surface area contributed by atoms with E-state index in [0.717, 1.165) is 0 Å². The number of nitro groups is 1. The topological polar surface area (TPSA) is 123 Å². The maximum Gasteiger partial charge on any atom is 0.295 e. The van der Waals surface area contributed by atoms with Gasteiger partial charge in [-0.1, -0.05) is 32.0 Å². The minimum atomic E-state index is -0.900. The summed E-state index contributed by atoms with van der Waals surface area (Å²) >= 11 is 0. The number of non-ortho nitro benzene ring substituents is 1. The first kappa shape index (κ1) is 24.6. The van der Waals surface area contributed by atoms with Crippen molar-refractivity contribution >= 4 is 23.1 Å². The molecule has 1 aromatic heterocycles. The molecule has 1 N–H and O–H groups in total. The van der Waals surface area contributed by atoms with E-state index in [1.807, 2.05) is 13.8 Å². The van der Waals surface area contributed by atoms with Crippen molar-refractivity contribution in [3.05, 3.63) is 105 Å². The Labute approximate surface area is 207 Å². The van der Waals surface area contributed by atoms with Gasteiger partial charge in [0.05, 0.1) is 23.1 Å². The molecule has 1 unspecified atom stereocenters. The number of Topliss-reactive ketones (excluding diaryl/α,β-unsaturated/α-hetero) is 1. The fraction of sp³-hybridized carbons (Fsp3) is 0.222. The number of benzene rings is 2. The highest BCUT2D eigenvalue weighted by atomic mass is 16.6. The average molecular weight is 488 g/mol. The molecule has 0 radical (unpaired) electrons. The lowest BCUT2D eigenvalue weighted by molar-refractivity contribution is -0.384. The number of nitrogens with zero attached hydrogens (tertiary/aromatic N) is 3. The highest BCUT2D eigenvalue weighted by Gasteiger charge is 2.46. The Morgan fingerprint density at radius 2 is 1.89 bits per heavy atom. The number of amides is 1. The molecule has 0 bridgehead atoms. The lowest BCUT2D eigenvalue weighted by Gasteiger charge is -2.25. The van der Waals surface area contributed by atoms with Crippen molar-refractivity contribution in [1.29, 1.82) is 0 Å². The fourth-order valence-electron chi connectivity index (χ4n) is 4.01. The third kappa shape index (κ3) is 5.10. The van der Waals surface area contributed by atoms with Crippen LogP contribution in [0.3, 0.4) is 0 Å². The van der Waals surface area contributed by atoms with Crippen LogP contribution >= 0.6 is 0 Å². The molecule has 184 valence electrons. The summed E-state index contributed by atoms with van der Waals surface area (Å²) in [6.07, 6.45) is 3.22. The van der Waals surface area contributed by atoms with E-state index in [0.29, 0.717) is 29.4 Å². The maximum absolute atomic E-state index is 13.2. The standard InChI is InChI=1S/C27H25N3O6/c1-17(2)16-36-22-7-3-6-20(13-22)24-23(25(31)19-8-10-21(11-9-19)30(34)35)26(32)27(33)29(24)15-18-5-4-12-28-14-18/h3-14,17,24,31H,15-16H2,1-2H3/b25-23+. The van der Waals surface area contributed by atoms with E-state index in [1.54, 1.807) is 48.8 Å². The van der Waals surface area contributed by atoms with E-state index >= 15 is 0 Å². The number of aliphatic hydroxyl groups excluding tert-OH is 1. The quantitative estimate of drug-likeness (QED) is 0.161. The SMILES string of the molecule is CC(C)COc1cccc(C2/C(=C(\O)c3ccc([N+](=O)[O-])cc3)C(=O)C(=O)N2Cc2cccnc2)c1. The average Bonchev–Trinajstić information content (AvgIpc) is 3.13. The summed E-state index contributed by atoms with van der Waals surface area (Å²) in [5, 5.41) is 22.2. The summed E-state index contributed by atoms with van der Waals surface area (Å²) in [5.41, 5.74) is 1.24. The summed E-state index contributed by atoms with van der Waals surface area (Å²) in [7, 11) is 0. The van der Waals surface area contributed by atoms with Crippen molar-refractivity contribution in [1.82, 2.24) is 9.88 Å². The minimum Gasteiger partial charge on any atom is -0.507 e. The molecule has 3 aromatic rings. The van der Waals surface area contributed by atoms with Crippen molar-refractivity contribution in [3.8, 4) is 5.75 Å². The Morgan fingerprint density at radius 1 is 1.14 bits per heavy atom. The van der Waals surface area contributed by atoms with E-state index in [4.69, 9.17) is 4.74 Å². The maximum atomic E-state index is 13.2. The second-order valence-electron chi connectivity index (χ2n) is 8.87. The van der Waals surface area contributed by atoms with Crippen LogP contribution in [0.5, 0.6) is 5.75 Å². The molecule has 2 heterocycles. The second-order valence-corrected chi connectivity index (χ2v) is 8.87. The predicted octanol–water partition coefficient (Wildman–Crippen LogP) is 4.65. The van der Waals surface area contributed by atoms with Gasteiger partial charge in [-0.15, -0.1) is 0 Å². The molecule has 0 aliphatic carbocycles. The highest BCUT2D eigenvalue weighted by molar-refractivity contribution is 6.46. The summed E-state index contributed by atoms with van der Waals surface area (Å²) in [6.45, 7) is 4.63. The minimum absolute atomic E-state index is 0.0944. The molecule has 1 saturated heterocycles. The molecule has 9 nitrogen and oxygen atoms in total. The van der Waals surface area contributed by atoms with Crippen molar-refractivity contribution in [2.24, 2.45) is 5.92 Å². The smallest absolute Gasteiger partial charge is 0.295 e. The van der Waals surface area contributed by atoms with Gasteiger partial charge in [0, 0.05) is 36.6 Å². The van der Waals surface area contributed by atoms with Crippen LogP contribution in [0.15, 0.2) is 78.6 Å². The van der Waals surface area contributed by atoms with Gasteiger partial charge in [-0.3, -0.25) is 24.7 Å². The van der Waals surface area contributed by atoms with Crippen LogP contribution < -0.4 is 4.74 Å². The number of pyridine rings is 1. The zero-order chi connectivity index (χ0) is 25.8. The number of hydrogen-bond acceptors (Lipinski definition) is 7. The molecule has 0 spiro atoms. The summed E-state index contributed by atoms with van der Waals surface area (Å²) in [5.74, 6) is -1.14. The van der Waals surface area contributed by atoms with Gasteiger partial charge in [0.15, 0.2) is 0 Å². The van der Waals surface area contributed by atoms with Crippen LogP contribution in [0, 0.1) is 16.0 Å². The molecule has 0 saturated carbocycles. The Morgan fingerprint density at radius 3 is 2.53 bits per heavy atom. The van der Waals surface area contributed by atoms with Gasteiger partial charge in [-0.2, -0.15) is 0 Å². The monoisotopic (exact) mass is 487 g/mol. The van der Waals surface area contributed by atoms with E-state index in [-0.39, 0.29) is 23.4 Å². The molecule has 4 rings (SSSR count). The molecule has 1 aliphatic heterocycles. The summed E-state index contributed by atoms with van der Waals surface area (Å²) < 4.78 is 5.85. The van der Waals surface area contributed by atoms with Crippen molar-refractivity contribution < 1.29 is 24.4 Å². The Hall–Kier alpha value is -4.53. The van der Waals surface area contributed by atoms with Crippen LogP contribution in [-0.2, 0) is 16.1 Å². The third-order valence-corrected chi connectivity index (χ3v) is 5.72. The molecule has 36 heavy (non-hydrogen) atoms. The van der Waals surface area contributed by atoms with Crippen molar-refractivity contribution in [2.45, 2.75) is 26.4 Å². The summed E-state index contributed by atoms with van der Waals surface area (Å²) in [6, 6.07) is 14.9. The predicted molar refractivity (Wildman–Crippen MR) is 132 cm³/mol. The number of likely N-dealkylation sites (tertiary alicyclic amines) is 1. The number of hydrogen-bond donors (Lipinski definition) is 1. The number of aromatic nitrogens is 1. The van der Waals surface area contributed by atoms with Gasteiger partial charge < -0.3 is 14.7 Å². The third-order valence-electron chi connectivity index (χ3n) is 5.72. The molecule has 1 aliphatic rings. The largest absolute Gasteiger partial charge is 0.507 e. The van der Waals surface area contributed by atoms with Crippen LogP contribution in [0.25, 0.3) is 5.76 Å². The Balaban J connectivity index is 1.82. The fourth-order valence-corrected chi connectivity index (χ4v) is 4.01. The number of nitro benzene ring substituents is 1. The van der Waals surface area contributed by atoms with Crippen molar-refractivity contribution in [2.75, 3.05) is 6.61 Å². The van der Waals surface area contributed by atoms with Crippen LogP contribution in [-0.4, -0.2) is 38.2 Å². The first-order chi connectivity index (χ1) is 17.3. The number of rotatable bonds is 8. The lowest BCUT2D eigenvalue weighted by atomic mass is 9.95. The number of aliphatic hydroxyl groups is 1. The van der Waals surface area contributed by atoms with Crippen LogP contribution in [0.4, 0.5) is 5.69 Å². The van der Waals surface area contributed by atoms with E-state index < -0.39 is 28.4 Å². The normalized spacial score (nSPS) is 17.0. The molecular weight excluding hydrogens is 462 g/mol. The number of ether oxygens (including phenoxy) is 1. The van der Waals surface area contributed by atoms with Gasteiger partial charge in [-0.25, -0.2) is 0 Å². The molecule has 9 heteroatoms. The molecule has 1 amide bonds. The van der Waals surface area contributed by atoms with Gasteiger partial charge in [-0.05, 0) is 47.4 Å². The molecule has 2 aromatic carbocycles. The van der Waals surface area contributed by atoms with E-state index in [9.17, 15) is 24.8 Å². The van der Waals surface area contributed by atoms with E-state index in [2.05, 4.69) is 4.98 Å². The highest BCUT2D eigenvalue weighted by Crippen LogP contribution is 2.41. The molecule has 1 fully saturated rings. The van der Waals surface area contributed by atoms with E-state index in [1.165, 1.54) is 29.2 Å². The van der Waals surface area contributed by atoms with Gasteiger partial charge >= 0.3 is 0 Å². The van der Waals surface area contributed by atoms with Gasteiger partial charge in [0.2, 0.25) is 0 Å². The zero-order valence-electron chi connectivity index (χ0n) is 19.8. The number of carbonyl (C=O) groups is 2. The van der Waals surface area contributed by atoms with Gasteiger partial charge in [0.25, 0.3) is 17.4 Å². The summed E-state index contributed by atoms with van der Waals surface area (Å²) in [4.78, 5) is 42.3. The Kier molecular flexibility index (Phi) is 7.10. The first-order valence-corrected chi connectivity index (χ1v) is 11.4.